The first-order chi connectivity index (χ1) is 23.7. The van der Waals surface area contributed by atoms with E-state index in [9.17, 15) is 44.4 Å². The van der Waals surface area contributed by atoms with Crippen LogP contribution in [0.4, 0.5) is 0 Å². The van der Waals surface area contributed by atoms with Crippen LogP contribution < -0.4 is 33.2 Å². The number of aliphatic carboxylic acids is 1. The van der Waals surface area contributed by atoms with Gasteiger partial charge in [-0.25, -0.2) is 4.79 Å². The summed E-state index contributed by atoms with van der Waals surface area (Å²) in [7, 11) is 0. The molecule has 0 aromatic heterocycles. The summed E-state index contributed by atoms with van der Waals surface area (Å²) in [6, 6.07) is 9.87. The van der Waals surface area contributed by atoms with Crippen molar-refractivity contribution < 1.29 is 44.4 Å². The summed E-state index contributed by atoms with van der Waals surface area (Å²) >= 11 is 0. The number of phenols is 3. The molecule has 0 unspecified atom stereocenters. The van der Waals surface area contributed by atoms with Crippen LogP contribution >= 0.6 is 0 Å². The third-order valence-corrected chi connectivity index (χ3v) is 7.92. The fourth-order valence-corrected chi connectivity index (χ4v) is 5.24. The van der Waals surface area contributed by atoms with Crippen molar-refractivity contribution in [1.82, 2.24) is 20.9 Å². The lowest BCUT2D eigenvalue weighted by Gasteiger charge is -2.42. The zero-order valence-electron chi connectivity index (χ0n) is 26.6. The summed E-state index contributed by atoms with van der Waals surface area (Å²) < 4.78 is 0. The van der Waals surface area contributed by atoms with Gasteiger partial charge in [0.15, 0.2) is 12.0 Å². The van der Waals surface area contributed by atoms with Gasteiger partial charge in [0, 0.05) is 6.54 Å². The summed E-state index contributed by atoms with van der Waals surface area (Å²) in [5.74, 6) is -4.78. The zero-order valence-corrected chi connectivity index (χ0v) is 26.6. The number of β-lactam (4-membered cyclic amide) rings is 1. The number of hydrogen-bond acceptors (Lipinski definition) is 10. The normalized spacial score (nSPS) is 16.1. The minimum absolute atomic E-state index is 0.0183. The van der Waals surface area contributed by atoms with Crippen molar-refractivity contribution in [1.29, 1.82) is 0 Å². The number of nitrogens with zero attached hydrogens (tertiary/aromatic N) is 2. The van der Waals surface area contributed by atoms with Gasteiger partial charge in [0.05, 0.1) is 6.54 Å². The number of benzene rings is 3. The Labute approximate surface area is 285 Å². The molecule has 17 heteroatoms. The summed E-state index contributed by atoms with van der Waals surface area (Å²) in [6.07, 6.45) is 0.253. The molecule has 0 radical (unpaired) electrons. The Kier molecular flexibility index (Phi) is 11.8. The number of carboxylic acid groups (broad SMARTS) is 1. The number of amides is 4. The molecular weight excluding hydrogens is 652 g/mol. The standard InChI is InChI=1S/C33H38N8O9/c34-25(17-3-9-20(42)10-4-17)29(46)38-23(2-1-15-37-33(35)36)28(45)40-26(18-5-11-21(43)12-6-18)30(47)39-24-16-41(31(24)48)27(32(49)50)19-7-13-22(44)14-8-19/h3-14,23-27,42-44H,1-2,15-16,34H2,(H,38,46)(H,39,47)(H,40,45)(H,49,50)(H4,35,36,37)/t23-,24-,25-,26+,27+/m0/s1. The van der Waals surface area contributed by atoms with Gasteiger partial charge in [0.25, 0.3) is 0 Å². The molecule has 17 nitrogen and oxygen atoms in total. The van der Waals surface area contributed by atoms with Crippen molar-refractivity contribution in [3.05, 3.63) is 89.5 Å². The van der Waals surface area contributed by atoms with Crippen LogP contribution in [0.5, 0.6) is 17.2 Å². The van der Waals surface area contributed by atoms with E-state index in [-0.39, 0.29) is 60.3 Å². The number of likely N-dealkylation sites (tertiary alicyclic amines) is 1. The third-order valence-electron chi connectivity index (χ3n) is 7.92. The molecule has 3 aromatic carbocycles. The highest BCUT2D eigenvalue weighted by atomic mass is 16.4. The molecule has 0 aliphatic carbocycles. The van der Waals surface area contributed by atoms with Crippen LogP contribution in [0.1, 0.15) is 47.7 Å². The molecule has 0 spiro atoms. The average Bonchev–Trinajstić information content (AvgIpc) is 3.08. The van der Waals surface area contributed by atoms with E-state index in [1.165, 1.54) is 72.8 Å². The van der Waals surface area contributed by atoms with Crippen molar-refractivity contribution in [3.8, 4) is 17.2 Å². The zero-order chi connectivity index (χ0) is 36.5. The molecule has 4 rings (SSSR count). The van der Waals surface area contributed by atoms with Crippen LogP contribution in [-0.4, -0.2) is 86.1 Å². The predicted octanol–water partition coefficient (Wildman–Crippen LogP) is -0.648. The molecule has 1 aliphatic rings. The third kappa shape index (κ3) is 9.16. The predicted molar refractivity (Wildman–Crippen MR) is 178 cm³/mol. The quantitative estimate of drug-likeness (QED) is 0.0412. The minimum atomic E-state index is -1.43. The number of nitrogens with one attached hydrogen (secondary N) is 3. The lowest BCUT2D eigenvalue weighted by atomic mass is 9.97. The van der Waals surface area contributed by atoms with E-state index >= 15 is 0 Å². The summed E-state index contributed by atoms with van der Waals surface area (Å²) in [5, 5.41) is 46.5. The van der Waals surface area contributed by atoms with Gasteiger partial charge in [-0.15, -0.1) is 0 Å². The first-order valence-electron chi connectivity index (χ1n) is 15.4. The average molecular weight is 691 g/mol. The second kappa shape index (κ2) is 16.2. The van der Waals surface area contributed by atoms with Crippen molar-refractivity contribution in [2.45, 2.75) is 43.1 Å². The second-order valence-corrected chi connectivity index (χ2v) is 11.5. The number of guanidine groups is 1. The lowest BCUT2D eigenvalue weighted by Crippen LogP contribution is -2.66. The topological polar surface area (TPSA) is 296 Å². The highest BCUT2D eigenvalue weighted by Gasteiger charge is 2.45. The van der Waals surface area contributed by atoms with Crippen LogP contribution in [0.3, 0.4) is 0 Å². The van der Waals surface area contributed by atoms with Gasteiger partial charge in [-0.1, -0.05) is 36.4 Å². The van der Waals surface area contributed by atoms with Gasteiger partial charge < -0.3 is 58.5 Å². The largest absolute Gasteiger partial charge is 0.508 e. The number of carboxylic acids is 1. The molecule has 5 atom stereocenters. The number of carbonyl (C=O) groups is 5. The highest BCUT2D eigenvalue weighted by Crippen LogP contribution is 2.29. The number of phenolic OH excluding ortho intramolecular Hbond substituents is 3. The number of carbonyl (C=O) groups excluding carboxylic acids is 4. The molecule has 13 N–H and O–H groups in total. The van der Waals surface area contributed by atoms with Crippen LogP contribution in [0.25, 0.3) is 0 Å². The van der Waals surface area contributed by atoms with E-state index in [0.29, 0.717) is 5.56 Å². The Hall–Kier alpha value is -6.36. The number of nitrogens with two attached hydrogens (primary N) is 3. The van der Waals surface area contributed by atoms with Gasteiger partial charge in [0.2, 0.25) is 23.6 Å². The van der Waals surface area contributed by atoms with E-state index in [2.05, 4.69) is 20.9 Å². The molecule has 1 saturated heterocycles. The van der Waals surface area contributed by atoms with Crippen molar-refractivity contribution in [2.24, 2.45) is 22.2 Å². The van der Waals surface area contributed by atoms with Crippen molar-refractivity contribution >= 4 is 35.6 Å². The molecule has 1 fully saturated rings. The Morgan fingerprint density at radius 3 is 1.80 bits per heavy atom. The SMILES string of the molecule is NC(N)=NCCC[C@H](NC(=O)[C@@H](N)c1ccc(O)cc1)C(=O)N[C@@H](C(=O)N[C@H]1CN([C@@H](C(=O)O)c2ccc(O)cc2)C1=O)c1ccc(O)cc1. The number of aliphatic imine (C=N–C) groups is 1. The first kappa shape index (κ1) is 36.5. The Bertz CT molecular complexity index is 1730. The van der Waals surface area contributed by atoms with Crippen LogP contribution in [-0.2, 0) is 24.0 Å². The fraction of sp³-hybridized carbons (Fsp3) is 0.273. The molecule has 1 heterocycles. The fourth-order valence-electron chi connectivity index (χ4n) is 5.24. The maximum atomic E-state index is 13.7. The summed E-state index contributed by atoms with van der Waals surface area (Å²) in [4.78, 5) is 70.6. The molecule has 50 heavy (non-hydrogen) atoms. The van der Waals surface area contributed by atoms with E-state index in [1.807, 2.05) is 0 Å². The number of aromatic hydroxyl groups is 3. The summed E-state index contributed by atoms with van der Waals surface area (Å²) in [5.41, 5.74) is 17.7. The smallest absolute Gasteiger partial charge is 0.331 e. The number of hydrogen-bond donors (Lipinski definition) is 10. The number of rotatable bonds is 15. The van der Waals surface area contributed by atoms with E-state index in [1.54, 1.807) is 0 Å². The van der Waals surface area contributed by atoms with Gasteiger partial charge in [-0.3, -0.25) is 24.2 Å². The Morgan fingerprint density at radius 2 is 1.30 bits per heavy atom. The van der Waals surface area contributed by atoms with Crippen LogP contribution in [0, 0.1) is 0 Å². The maximum Gasteiger partial charge on any atom is 0.331 e. The first-order valence-corrected chi connectivity index (χ1v) is 15.4. The monoisotopic (exact) mass is 690 g/mol. The molecule has 1 aliphatic heterocycles. The molecular formula is C33H38N8O9. The second-order valence-electron chi connectivity index (χ2n) is 11.5. The lowest BCUT2D eigenvalue weighted by molar-refractivity contribution is -0.160. The Balaban J connectivity index is 1.51. The molecule has 0 bridgehead atoms. The van der Waals surface area contributed by atoms with E-state index in [4.69, 9.17) is 17.2 Å². The van der Waals surface area contributed by atoms with Gasteiger partial charge in [-0.2, -0.15) is 0 Å². The molecule has 0 saturated carbocycles. The van der Waals surface area contributed by atoms with Crippen molar-refractivity contribution in [3.63, 3.8) is 0 Å². The van der Waals surface area contributed by atoms with Crippen LogP contribution in [0.2, 0.25) is 0 Å². The van der Waals surface area contributed by atoms with Gasteiger partial charge in [0.1, 0.15) is 41.4 Å². The van der Waals surface area contributed by atoms with E-state index < -0.39 is 59.8 Å². The van der Waals surface area contributed by atoms with Gasteiger partial charge in [-0.05, 0) is 65.9 Å². The van der Waals surface area contributed by atoms with Crippen molar-refractivity contribution in [2.75, 3.05) is 13.1 Å². The molecule has 4 amide bonds. The Morgan fingerprint density at radius 1 is 0.780 bits per heavy atom. The summed E-state index contributed by atoms with van der Waals surface area (Å²) in [6.45, 7) is -0.0487. The molecule has 3 aromatic rings. The van der Waals surface area contributed by atoms with Crippen LogP contribution in [0.15, 0.2) is 77.8 Å². The maximum absolute atomic E-state index is 13.7. The highest BCUT2D eigenvalue weighted by molar-refractivity contribution is 5.98. The molecule has 264 valence electrons. The minimum Gasteiger partial charge on any atom is -0.508 e. The van der Waals surface area contributed by atoms with Gasteiger partial charge >= 0.3 is 5.97 Å². The van der Waals surface area contributed by atoms with E-state index in [0.717, 1.165) is 4.90 Å².